The molecule has 0 unspecified atom stereocenters. The van der Waals surface area contributed by atoms with Gasteiger partial charge in [0.15, 0.2) is 11.5 Å². The molecule has 2 aromatic heterocycles. The molecule has 1 fully saturated rings. The van der Waals surface area contributed by atoms with Crippen molar-refractivity contribution in [3.63, 3.8) is 0 Å². The molecule has 0 bridgehead atoms. The van der Waals surface area contributed by atoms with E-state index in [1.165, 1.54) is 19.2 Å². The second-order valence-corrected chi connectivity index (χ2v) is 7.12. The van der Waals surface area contributed by atoms with Crippen LogP contribution in [0.4, 0.5) is 13.2 Å². The molecule has 3 aromatic rings. The summed E-state index contributed by atoms with van der Waals surface area (Å²) in [6.45, 7) is -0.369. The van der Waals surface area contributed by atoms with E-state index in [9.17, 15) is 18.0 Å². The van der Waals surface area contributed by atoms with Crippen molar-refractivity contribution in [3.05, 3.63) is 52.2 Å². The molecule has 0 radical (unpaired) electrons. The number of alkyl halides is 2. The molecule has 1 N–H and O–H groups in total. The first-order valence-electron chi connectivity index (χ1n) is 8.70. The molecule has 0 spiro atoms. The fraction of sp³-hybridized carbons (Fsp3) is 0.368. The molecule has 1 aromatic carbocycles. The summed E-state index contributed by atoms with van der Waals surface area (Å²) in [5.41, 5.74) is -0.343. The Morgan fingerprint density at radius 3 is 2.70 bits per heavy atom. The van der Waals surface area contributed by atoms with Gasteiger partial charge in [-0.15, -0.1) is 0 Å². The van der Waals surface area contributed by atoms with Gasteiger partial charge in [-0.2, -0.15) is 10.1 Å². The van der Waals surface area contributed by atoms with Crippen LogP contribution in [-0.2, 0) is 16.8 Å². The van der Waals surface area contributed by atoms with Crippen LogP contribution >= 0.6 is 11.6 Å². The van der Waals surface area contributed by atoms with Gasteiger partial charge >= 0.3 is 0 Å². The molecule has 11 heteroatoms. The molecule has 1 aliphatic carbocycles. The van der Waals surface area contributed by atoms with E-state index in [1.807, 2.05) is 0 Å². The predicted octanol–water partition coefficient (Wildman–Crippen LogP) is 4.13. The summed E-state index contributed by atoms with van der Waals surface area (Å²) in [4.78, 5) is 15.9. The Kier molecular flexibility index (Phi) is 5.89. The summed E-state index contributed by atoms with van der Waals surface area (Å²) in [5.74, 6) is -0.664. The third-order valence-corrected chi connectivity index (χ3v) is 5.19. The number of likely N-dealkylation sites (N-methyl/N-ethyl adjacent to an activating group) is 1. The maximum absolute atomic E-state index is 13.4. The van der Waals surface area contributed by atoms with E-state index in [-0.39, 0.29) is 30.6 Å². The summed E-state index contributed by atoms with van der Waals surface area (Å²) in [5, 5.41) is 10.6. The number of halogens is 4. The zero-order chi connectivity index (χ0) is 20.8. The Bertz CT molecular complexity index is 1080. The molecule has 1 amide bonds. The SMILES string of the molecule is C.CNC(=O)Cn1nc(-c2nc(C3(c4ccc(F)cc4Cl)CC3)no2)cc1C(F)F. The molecule has 2 heterocycles. The van der Waals surface area contributed by atoms with Gasteiger partial charge in [0.2, 0.25) is 5.91 Å². The lowest BCUT2D eigenvalue weighted by atomic mass is 9.95. The minimum absolute atomic E-state index is 0. The van der Waals surface area contributed by atoms with Crippen LogP contribution in [0.3, 0.4) is 0 Å². The highest BCUT2D eigenvalue weighted by molar-refractivity contribution is 6.31. The summed E-state index contributed by atoms with van der Waals surface area (Å²) in [6, 6.07) is 5.20. The lowest BCUT2D eigenvalue weighted by molar-refractivity contribution is -0.121. The molecular weight excluding hydrogens is 423 g/mol. The first kappa shape index (κ1) is 21.8. The van der Waals surface area contributed by atoms with E-state index in [2.05, 4.69) is 20.6 Å². The first-order chi connectivity index (χ1) is 13.8. The quantitative estimate of drug-likeness (QED) is 0.621. The average Bonchev–Trinajstić information content (AvgIpc) is 3.13. The van der Waals surface area contributed by atoms with E-state index < -0.39 is 29.3 Å². The van der Waals surface area contributed by atoms with Crippen molar-refractivity contribution < 1.29 is 22.5 Å². The number of nitrogens with one attached hydrogen (secondary N) is 1. The smallest absolute Gasteiger partial charge is 0.280 e. The van der Waals surface area contributed by atoms with Crippen molar-refractivity contribution in [2.24, 2.45) is 0 Å². The van der Waals surface area contributed by atoms with E-state index >= 15 is 0 Å². The summed E-state index contributed by atoms with van der Waals surface area (Å²) >= 11 is 6.19. The Labute approximate surface area is 175 Å². The Morgan fingerprint density at radius 1 is 1.37 bits per heavy atom. The van der Waals surface area contributed by atoms with Crippen LogP contribution in [0.1, 0.15) is 43.8 Å². The predicted molar refractivity (Wildman–Crippen MR) is 103 cm³/mol. The lowest BCUT2D eigenvalue weighted by Crippen LogP contribution is -2.25. The van der Waals surface area contributed by atoms with Crippen molar-refractivity contribution >= 4 is 17.5 Å². The molecular formula is C19H19ClF3N5O2. The van der Waals surface area contributed by atoms with E-state index in [4.69, 9.17) is 16.1 Å². The number of carbonyl (C=O) groups excluding carboxylic acids is 1. The second-order valence-electron chi connectivity index (χ2n) is 6.72. The zero-order valence-electron chi connectivity index (χ0n) is 15.1. The highest BCUT2D eigenvalue weighted by Crippen LogP contribution is 2.54. The number of amides is 1. The lowest BCUT2D eigenvalue weighted by Gasteiger charge is -2.12. The third kappa shape index (κ3) is 3.79. The molecule has 160 valence electrons. The fourth-order valence-electron chi connectivity index (χ4n) is 3.19. The summed E-state index contributed by atoms with van der Waals surface area (Å²) in [6.07, 6.45) is -1.47. The number of hydrogen-bond acceptors (Lipinski definition) is 5. The number of hydrogen-bond donors (Lipinski definition) is 1. The largest absolute Gasteiger partial charge is 0.358 e. The van der Waals surface area contributed by atoms with Crippen molar-refractivity contribution in [2.45, 2.75) is 38.7 Å². The Morgan fingerprint density at radius 2 is 2.10 bits per heavy atom. The molecule has 4 rings (SSSR count). The van der Waals surface area contributed by atoms with Crippen LogP contribution in [-0.4, -0.2) is 32.9 Å². The van der Waals surface area contributed by atoms with Crippen molar-refractivity contribution in [1.29, 1.82) is 0 Å². The van der Waals surface area contributed by atoms with E-state index in [0.717, 1.165) is 10.7 Å². The van der Waals surface area contributed by atoms with Gasteiger partial charge in [-0.1, -0.05) is 30.3 Å². The maximum atomic E-state index is 13.4. The molecule has 30 heavy (non-hydrogen) atoms. The highest BCUT2D eigenvalue weighted by Gasteiger charge is 2.51. The first-order valence-corrected chi connectivity index (χ1v) is 9.08. The third-order valence-electron chi connectivity index (χ3n) is 4.88. The van der Waals surface area contributed by atoms with Gasteiger partial charge in [-0.3, -0.25) is 9.48 Å². The van der Waals surface area contributed by atoms with Crippen molar-refractivity contribution in [2.75, 3.05) is 7.05 Å². The van der Waals surface area contributed by atoms with Gasteiger partial charge in [-0.25, -0.2) is 13.2 Å². The number of carbonyl (C=O) groups is 1. The van der Waals surface area contributed by atoms with Crippen LogP contribution < -0.4 is 5.32 Å². The number of benzene rings is 1. The minimum atomic E-state index is -2.84. The van der Waals surface area contributed by atoms with Gasteiger partial charge < -0.3 is 9.84 Å². The van der Waals surface area contributed by atoms with Gasteiger partial charge in [-0.05, 0) is 36.6 Å². The van der Waals surface area contributed by atoms with Crippen LogP contribution in [0.15, 0.2) is 28.8 Å². The zero-order valence-corrected chi connectivity index (χ0v) is 15.9. The van der Waals surface area contributed by atoms with E-state index in [0.29, 0.717) is 24.2 Å². The topological polar surface area (TPSA) is 85.8 Å². The Balaban J connectivity index is 0.00000256. The standard InChI is InChI=1S/C18H15ClF3N5O2.CH4/c1-23-14(28)8-27-13(15(21)22)7-12(25-27)16-24-17(26-29-16)18(4-5-18)10-3-2-9(20)6-11(10)19;/h2-3,6-7,15H,4-5,8H2,1H3,(H,23,28);1H4. The molecule has 1 aliphatic rings. The molecule has 0 atom stereocenters. The number of aromatic nitrogens is 4. The van der Waals surface area contributed by atoms with Gasteiger partial charge in [0.05, 0.1) is 5.41 Å². The van der Waals surface area contributed by atoms with Gasteiger partial charge in [0, 0.05) is 12.1 Å². The minimum Gasteiger partial charge on any atom is -0.358 e. The van der Waals surface area contributed by atoms with E-state index in [1.54, 1.807) is 6.07 Å². The fourth-order valence-corrected chi connectivity index (χ4v) is 3.54. The highest BCUT2D eigenvalue weighted by atomic mass is 35.5. The number of rotatable bonds is 6. The molecule has 0 saturated heterocycles. The second kappa shape index (κ2) is 8.10. The average molecular weight is 442 g/mol. The normalized spacial score (nSPS) is 14.5. The van der Waals surface area contributed by atoms with Crippen LogP contribution in [0.5, 0.6) is 0 Å². The van der Waals surface area contributed by atoms with Crippen LogP contribution in [0, 0.1) is 5.82 Å². The van der Waals surface area contributed by atoms with Crippen LogP contribution in [0.2, 0.25) is 5.02 Å². The van der Waals surface area contributed by atoms with Crippen molar-refractivity contribution in [3.8, 4) is 11.6 Å². The van der Waals surface area contributed by atoms with Gasteiger partial charge in [0.1, 0.15) is 18.1 Å². The maximum Gasteiger partial charge on any atom is 0.280 e. The monoisotopic (exact) mass is 441 g/mol. The Hall–Kier alpha value is -2.88. The molecule has 1 saturated carbocycles. The molecule has 7 nitrogen and oxygen atoms in total. The van der Waals surface area contributed by atoms with Crippen molar-refractivity contribution in [1.82, 2.24) is 25.2 Å². The van der Waals surface area contributed by atoms with Crippen LogP contribution in [0.25, 0.3) is 11.6 Å². The summed E-state index contributed by atoms with van der Waals surface area (Å²) in [7, 11) is 1.40. The van der Waals surface area contributed by atoms with Gasteiger partial charge in [0.25, 0.3) is 12.3 Å². The summed E-state index contributed by atoms with van der Waals surface area (Å²) < 4.78 is 46.1. The molecule has 0 aliphatic heterocycles. The number of nitrogens with zero attached hydrogens (tertiary/aromatic N) is 4.